The summed E-state index contributed by atoms with van der Waals surface area (Å²) in [6.07, 6.45) is 5.80. The van der Waals surface area contributed by atoms with E-state index in [1.54, 1.807) is 0 Å². The summed E-state index contributed by atoms with van der Waals surface area (Å²) < 4.78 is 5.41. The maximum absolute atomic E-state index is 5.41. The summed E-state index contributed by atoms with van der Waals surface area (Å²) in [6, 6.07) is 0.530. The summed E-state index contributed by atoms with van der Waals surface area (Å²) in [6.45, 7) is 4.49. The van der Waals surface area contributed by atoms with Gasteiger partial charge < -0.3 is 15.1 Å². The second kappa shape index (κ2) is 9.30. The van der Waals surface area contributed by atoms with Crippen LogP contribution in [0.3, 0.4) is 0 Å². The summed E-state index contributed by atoms with van der Waals surface area (Å²) in [7, 11) is 0. The molecular weight excluding hydrogens is 236 g/mol. The first-order valence-corrected chi connectivity index (χ1v) is 7.52. The van der Waals surface area contributed by atoms with Crippen molar-refractivity contribution in [2.24, 2.45) is 0 Å². The molecule has 0 aliphatic heterocycles. The third-order valence-corrected chi connectivity index (χ3v) is 2.99. The molecule has 0 saturated carbocycles. The van der Waals surface area contributed by atoms with Gasteiger partial charge in [-0.2, -0.15) is 11.8 Å². The molecule has 17 heavy (non-hydrogen) atoms. The normalized spacial score (nSPS) is 10.7. The highest BCUT2D eigenvalue weighted by atomic mass is 32.2. The van der Waals surface area contributed by atoms with Crippen molar-refractivity contribution < 1.29 is 4.42 Å². The molecular formula is C11H22N4OS. The zero-order valence-electron chi connectivity index (χ0n) is 10.7. The molecule has 0 spiro atoms. The fourth-order valence-electron chi connectivity index (χ4n) is 1.37. The van der Waals surface area contributed by atoms with E-state index in [2.05, 4.69) is 27.1 Å². The lowest BCUT2D eigenvalue weighted by atomic mass is 10.2. The molecule has 0 aromatic carbocycles. The molecule has 1 rings (SSSR count). The molecule has 6 heteroatoms. The van der Waals surface area contributed by atoms with E-state index in [4.69, 9.17) is 4.42 Å². The Bertz CT molecular complexity index is 293. The highest BCUT2D eigenvalue weighted by molar-refractivity contribution is 7.98. The van der Waals surface area contributed by atoms with Gasteiger partial charge in [0.05, 0.1) is 6.54 Å². The number of aromatic nitrogens is 2. The number of hydrogen-bond donors (Lipinski definition) is 2. The zero-order chi connectivity index (χ0) is 12.3. The molecule has 0 fully saturated rings. The van der Waals surface area contributed by atoms with Crippen LogP contribution in [0.25, 0.3) is 0 Å². The van der Waals surface area contributed by atoms with Crippen molar-refractivity contribution in [1.29, 1.82) is 0 Å². The molecule has 1 aromatic rings. The van der Waals surface area contributed by atoms with Crippen LogP contribution in [-0.4, -0.2) is 35.3 Å². The van der Waals surface area contributed by atoms with E-state index in [1.807, 2.05) is 18.7 Å². The maximum Gasteiger partial charge on any atom is 0.315 e. The van der Waals surface area contributed by atoms with Gasteiger partial charge in [-0.15, -0.1) is 5.10 Å². The van der Waals surface area contributed by atoms with E-state index in [9.17, 15) is 0 Å². The van der Waals surface area contributed by atoms with Crippen LogP contribution in [-0.2, 0) is 6.54 Å². The van der Waals surface area contributed by atoms with Crippen molar-refractivity contribution >= 4 is 17.8 Å². The average molecular weight is 258 g/mol. The lowest BCUT2D eigenvalue weighted by Gasteiger charge is -2.00. The molecule has 2 N–H and O–H groups in total. The number of anilines is 1. The van der Waals surface area contributed by atoms with Gasteiger partial charge in [-0.3, -0.25) is 0 Å². The SMILES string of the molecule is CCNCc1nnc(NCCCCCSC)o1. The van der Waals surface area contributed by atoms with Gasteiger partial charge in [0.25, 0.3) is 0 Å². The topological polar surface area (TPSA) is 63.0 Å². The van der Waals surface area contributed by atoms with Crippen molar-refractivity contribution in [3.63, 3.8) is 0 Å². The summed E-state index contributed by atoms with van der Waals surface area (Å²) >= 11 is 1.90. The molecule has 0 unspecified atom stereocenters. The van der Waals surface area contributed by atoms with Gasteiger partial charge in [0.1, 0.15) is 0 Å². The summed E-state index contributed by atoms with van der Waals surface area (Å²) in [5.74, 6) is 1.88. The Labute approximate surface area is 107 Å². The Morgan fingerprint density at radius 1 is 1.24 bits per heavy atom. The predicted octanol–water partition coefficient (Wildman–Crippen LogP) is 2.12. The van der Waals surface area contributed by atoms with Crippen LogP contribution < -0.4 is 10.6 Å². The molecule has 0 amide bonds. The number of thioether (sulfide) groups is 1. The highest BCUT2D eigenvalue weighted by Gasteiger charge is 2.03. The number of nitrogens with one attached hydrogen (secondary N) is 2. The molecule has 1 aromatic heterocycles. The van der Waals surface area contributed by atoms with E-state index in [0.717, 1.165) is 19.5 Å². The van der Waals surface area contributed by atoms with Crippen molar-refractivity contribution in [2.45, 2.75) is 32.7 Å². The van der Waals surface area contributed by atoms with Crippen LogP contribution in [0.15, 0.2) is 4.42 Å². The van der Waals surface area contributed by atoms with Crippen molar-refractivity contribution in [3.05, 3.63) is 5.89 Å². The van der Waals surface area contributed by atoms with Crippen LogP contribution in [0.5, 0.6) is 0 Å². The molecule has 98 valence electrons. The fourth-order valence-corrected chi connectivity index (χ4v) is 1.86. The first-order valence-electron chi connectivity index (χ1n) is 6.12. The minimum absolute atomic E-state index is 0.530. The van der Waals surface area contributed by atoms with Gasteiger partial charge >= 0.3 is 6.01 Å². The fraction of sp³-hybridized carbons (Fsp3) is 0.818. The first kappa shape index (κ1) is 14.3. The van der Waals surface area contributed by atoms with Crippen LogP contribution in [0.2, 0.25) is 0 Å². The Kier molecular flexibility index (Phi) is 7.83. The van der Waals surface area contributed by atoms with Crippen LogP contribution in [0.1, 0.15) is 32.1 Å². The Balaban J connectivity index is 2.08. The lowest BCUT2D eigenvalue weighted by Crippen LogP contribution is -2.11. The first-order chi connectivity index (χ1) is 8.36. The zero-order valence-corrected chi connectivity index (χ0v) is 11.5. The van der Waals surface area contributed by atoms with Crippen molar-refractivity contribution in [2.75, 3.05) is 30.4 Å². The number of rotatable bonds is 10. The third kappa shape index (κ3) is 6.53. The molecule has 0 saturated heterocycles. The van der Waals surface area contributed by atoms with Gasteiger partial charge in [0.15, 0.2) is 0 Å². The van der Waals surface area contributed by atoms with E-state index < -0.39 is 0 Å². The molecule has 0 bridgehead atoms. The number of unbranched alkanes of at least 4 members (excludes halogenated alkanes) is 2. The predicted molar refractivity (Wildman–Crippen MR) is 72.4 cm³/mol. The van der Waals surface area contributed by atoms with E-state index in [-0.39, 0.29) is 0 Å². The Hall–Kier alpha value is -0.750. The van der Waals surface area contributed by atoms with Gasteiger partial charge in [0.2, 0.25) is 5.89 Å². The minimum Gasteiger partial charge on any atom is -0.407 e. The number of nitrogens with zero attached hydrogens (tertiary/aromatic N) is 2. The lowest BCUT2D eigenvalue weighted by molar-refractivity contribution is 0.480. The summed E-state index contributed by atoms with van der Waals surface area (Å²) in [5, 5.41) is 14.2. The number of hydrogen-bond acceptors (Lipinski definition) is 6. The summed E-state index contributed by atoms with van der Waals surface area (Å²) in [5.41, 5.74) is 0. The molecule has 5 nitrogen and oxygen atoms in total. The average Bonchev–Trinajstić information content (AvgIpc) is 2.79. The van der Waals surface area contributed by atoms with Crippen LogP contribution in [0, 0.1) is 0 Å². The third-order valence-electron chi connectivity index (χ3n) is 2.29. The molecule has 0 aliphatic rings. The van der Waals surface area contributed by atoms with Crippen LogP contribution in [0.4, 0.5) is 6.01 Å². The summed E-state index contributed by atoms with van der Waals surface area (Å²) in [4.78, 5) is 0. The standard InChI is InChI=1S/C11H22N4OS/c1-3-12-9-10-14-15-11(16-10)13-7-5-4-6-8-17-2/h12H,3-9H2,1-2H3,(H,13,15). The van der Waals surface area contributed by atoms with E-state index >= 15 is 0 Å². The highest BCUT2D eigenvalue weighted by Crippen LogP contribution is 2.06. The van der Waals surface area contributed by atoms with Gasteiger partial charge in [-0.1, -0.05) is 18.4 Å². The second-order valence-corrected chi connectivity index (χ2v) is 4.75. The molecule has 0 radical (unpaired) electrons. The Morgan fingerprint density at radius 2 is 2.12 bits per heavy atom. The van der Waals surface area contributed by atoms with Gasteiger partial charge in [0, 0.05) is 6.54 Å². The second-order valence-electron chi connectivity index (χ2n) is 3.76. The van der Waals surface area contributed by atoms with E-state index in [0.29, 0.717) is 18.5 Å². The van der Waals surface area contributed by atoms with Gasteiger partial charge in [-0.05, 0) is 31.4 Å². The van der Waals surface area contributed by atoms with Crippen LogP contribution >= 0.6 is 11.8 Å². The molecule has 0 atom stereocenters. The molecule has 0 aliphatic carbocycles. The van der Waals surface area contributed by atoms with Gasteiger partial charge in [-0.25, -0.2) is 0 Å². The largest absolute Gasteiger partial charge is 0.407 e. The van der Waals surface area contributed by atoms with E-state index in [1.165, 1.54) is 18.6 Å². The quantitative estimate of drug-likeness (QED) is 0.627. The Morgan fingerprint density at radius 3 is 2.88 bits per heavy atom. The van der Waals surface area contributed by atoms with Crippen molar-refractivity contribution in [3.8, 4) is 0 Å². The molecule has 1 heterocycles. The smallest absolute Gasteiger partial charge is 0.315 e. The maximum atomic E-state index is 5.41. The van der Waals surface area contributed by atoms with Crippen molar-refractivity contribution in [1.82, 2.24) is 15.5 Å². The minimum atomic E-state index is 0.530. The monoisotopic (exact) mass is 258 g/mol.